The van der Waals surface area contributed by atoms with E-state index in [2.05, 4.69) is 17.4 Å². The highest BCUT2D eigenvalue weighted by Crippen LogP contribution is 2.60. The SMILES string of the molecule is O=C(COc1ccc(F)cc1)Nc1ccc(C23CC4CC(CC(C4)C2)C3)cc1. The molecule has 1 N–H and O–H groups in total. The van der Waals surface area contributed by atoms with E-state index in [4.69, 9.17) is 4.74 Å². The molecule has 3 nitrogen and oxygen atoms in total. The van der Waals surface area contributed by atoms with Gasteiger partial charge in [-0.2, -0.15) is 0 Å². The number of nitrogens with one attached hydrogen (secondary N) is 1. The van der Waals surface area contributed by atoms with Crippen LogP contribution in [0, 0.1) is 23.6 Å². The van der Waals surface area contributed by atoms with E-state index in [0.29, 0.717) is 11.2 Å². The van der Waals surface area contributed by atoms with E-state index >= 15 is 0 Å². The maximum Gasteiger partial charge on any atom is 0.262 e. The molecule has 0 heterocycles. The number of carbonyl (C=O) groups excluding carboxylic acids is 1. The normalized spacial score (nSPS) is 30.2. The molecule has 4 fully saturated rings. The molecule has 4 aliphatic carbocycles. The zero-order valence-electron chi connectivity index (χ0n) is 16.0. The van der Waals surface area contributed by atoms with Crippen molar-refractivity contribution in [3.63, 3.8) is 0 Å². The van der Waals surface area contributed by atoms with E-state index < -0.39 is 0 Å². The molecular formula is C24H26FNO2. The standard InChI is InChI=1S/C24H26FNO2/c25-20-3-7-22(8-4-20)28-15-23(27)26-21-5-1-19(2-6-21)24-12-16-9-17(13-24)11-18(10-16)14-24/h1-8,16-18H,9-15H2,(H,26,27). The minimum Gasteiger partial charge on any atom is -0.484 e. The average Bonchev–Trinajstić information content (AvgIpc) is 2.67. The first-order chi connectivity index (χ1) is 13.6. The molecule has 0 aliphatic heterocycles. The first-order valence-corrected chi connectivity index (χ1v) is 10.4. The lowest BCUT2D eigenvalue weighted by atomic mass is 9.48. The van der Waals surface area contributed by atoms with E-state index in [0.717, 1.165) is 23.4 Å². The maximum atomic E-state index is 12.9. The van der Waals surface area contributed by atoms with Gasteiger partial charge in [-0.05, 0) is 104 Å². The molecule has 2 aromatic carbocycles. The number of ether oxygens (including phenoxy) is 1. The molecule has 0 saturated heterocycles. The summed E-state index contributed by atoms with van der Waals surface area (Å²) < 4.78 is 18.3. The molecule has 2 aromatic rings. The lowest BCUT2D eigenvalue weighted by Crippen LogP contribution is -2.48. The fourth-order valence-corrected chi connectivity index (χ4v) is 6.25. The molecule has 0 atom stereocenters. The molecule has 28 heavy (non-hydrogen) atoms. The Kier molecular flexibility index (Phi) is 4.37. The number of anilines is 1. The fourth-order valence-electron chi connectivity index (χ4n) is 6.25. The highest BCUT2D eigenvalue weighted by Gasteiger charge is 2.51. The van der Waals surface area contributed by atoms with Crippen LogP contribution in [-0.2, 0) is 10.2 Å². The van der Waals surface area contributed by atoms with Gasteiger partial charge in [0.1, 0.15) is 11.6 Å². The fraction of sp³-hybridized carbons (Fsp3) is 0.458. The van der Waals surface area contributed by atoms with Crippen LogP contribution >= 0.6 is 0 Å². The Labute approximate surface area is 165 Å². The first kappa shape index (κ1) is 17.7. The molecule has 1 amide bonds. The Morgan fingerprint density at radius 1 is 0.929 bits per heavy atom. The summed E-state index contributed by atoms with van der Waals surface area (Å²) in [6.45, 7) is -0.0949. The Bertz CT molecular complexity index is 824. The third-order valence-electron chi connectivity index (χ3n) is 7.00. The number of rotatable bonds is 5. The second-order valence-corrected chi connectivity index (χ2v) is 9.07. The van der Waals surface area contributed by atoms with Gasteiger partial charge in [-0.3, -0.25) is 4.79 Å². The summed E-state index contributed by atoms with van der Waals surface area (Å²) in [5.41, 5.74) is 2.62. The van der Waals surface area contributed by atoms with Crippen LogP contribution < -0.4 is 10.1 Å². The second kappa shape index (κ2) is 6.91. The van der Waals surface area contributed by atoms with Crippen molar-refractivity contribution < 1.29 is 13.9 Å². The van der Waals surface area contributed by atoms with Crippen LogP contribution in [0.15, 0.2) is 48.5 Å². The topological polar surface area (TPSA) is 38.3 Å². The van der Waals surface area contributed by atoms with Crippen molar-refractivity contribution in [1.29, 1.82) is 0 Å². The molecule has 0 aromatic heterocycles. The third kappa shape index (κ3) is 3.41. The van der Waals surface area contributed by atoms with Gasteiger partial charge in [-0.25, -0.2) is 4.39 Å². The summed E-state index contributed by atoms with van der Waals surface area (Å²) in [4.78, 5) is 12.1. The summed E-state index contributed by atoms with van der Waals surface area (Å²) in [6.07, 6.45) is 8.37. The average molecular weight is 379 g/mol. The van der Waals surface area contributed by atoms with Gasteiger partial charge in [0.15, 0.2) is 6.61 Å². The van der Waals surface area contributed by atoms with Crippen LogP contribution in [0.25, 0.3) is 0 Å². The molecule has 0 radical (unpaired) electrons. The van der Waals surface area contributed by atoms with Crippen LogP contribution in [-0.4, -0.2) is 12.5 Å². The van der Waals surface area contributed by atoms with Crippen molar-refractivity contribution in [2.45, 2.75) is 43.9 Å². The molecule has 4 aliphatic rings. The molecule has 0 unspecified atom stereocenters. The molecule has 6 rings (SSSR count). The van der Waals surface area contributed by atoms with E-state index in [1.807, 2.05) is 12.1 Å². The summed E-state index contributed by atoms with van der Waals surface area (Å²) in [5, 5.41) is 2.89. The lowest BCUT2D eigenvalue weighted by Gasteiger charge is -2.57. The van der Waals surface area contributed by atoms with Crippen molar-refractivity contribution in [2.24, 2.45) is 17.8 Å². The van der Waals surface area contributed by atoms with Crippen molar-refractivity contribution in [1.82, 2.24) is 0 Å². The van der Waals surface area contributed by atoms with Gasteiger partial charge in [-0.15, -0.1) is 0 Å². The van der Waals surface area contributed by atoms with Crippen LogP contribution in [0.4, 0.5) is 10.1 Å². The Morgan fingerprint density at radius 3 is 2.07 bits per heavy atom. The van der Waals surface area contributed by atoms with Gasteiger partial charge in [0.2, 0.25) is 0 Å². The number of amides is 1. The van der Waals surface area contributed by atoms with Gasteiger partial charge in [0.05, 0.1) is 0 Å². The van der Waals surface area contributed by atoms with Crippen LogP contribution in [0.5, 0.6) is 5.75 Å². The van der Waals surface area contributed by atoms with Gasteiger partial charge in [0, 0.05) is 5.69 Å². The molecule has 146 valence electrons. The highest BCUT2D eigenvalue weighted by molar-refractivity contribution is 5.91. The molecular weight excluding hydrogens is 353 g/mol. The Balaban J connectivity index is 1.21. The van der Waals surface area contributed by atoms with Gasteiger partial charge < -0.3 is 10.1 Å². The number of benzene rings is 2. The molecule has 4 saturated carbocycles. The number of hydrogen-bond donors (Lipinski definition) is 1. The zero-order valence-corrected chi connectivity index (χ0v) is 16.0. The Hall–Kier alpha value is -2.36. The summed E-state index contributed by atoms with van der Waals surface area (Å²) >= 11 is 0. The zero-order chi connectivity index (χ0) is 19.1. The van der Waals surface area contributed by atoms with Crippen molar-refractivity contribution in [3.05, 3.63) is 59.9 Å². The van der Waals surface area contributed by atoms with E-state index in [-0.39, 0.29) is 18.3 Å². The van der Waals surface area contributed by atoms with Crippen LogP contribution in [0.1, 0.15) is 44.1 Å². The molecule has 0 spiro atoms. The van der Waals surface area contributed by atoms with E-state index in [9.17, 15) is 9.18 Å². The third-order valence-corrected chi connectivity index (χ3v) is 7.00. The smallest absolute Gasteiger partial charge is 0.262 e. The van der Waals surface area contributed by atoms with Gasteiger partial charge in [-0.1, -0.05) is 12.1 Å². The van der Waals surface area contributed by atoms with Gasteiger partial charge >= 0.3 is 0 Å². The van der Waals surface area contributed by atoms with E-state index in [1.165, 1.54) is 68.4 Å². The minimum atomic E-state index is -0.323. The predicted molar refractivity (Wildman–Crippen MR) is 107 cm³/mol. The summed E-state index contributed by atoms with van der Waals surface area (Å²) in [7, 11) is 0. The Morgan fingerprint density at radius 2 is 1.50 bits per heavy atom. The summed E-state index contributed by atoms with van der Waals surface area (Å²) in [6, 6.07) is 14.1. The van der Waals surface area contributed by atoms with Crippen molar-refractivity contribution >= 4 is 11.6 Å². The molecule has 4 bridgehead atoms. The highest BCUT2D eigenvalue weighted by atomic mass is 19.1. The van der Waals surface area contributed by atoms with Gasteiger partial charge in [0.25, 0.3) is 5.91 Å². The predicted octanol–water partition coefficient (Wildman–Crippen LogP) is 5.31. The largest absolute Gasteiger partial charge is 0.484 e. The minimum absolute atomic E-state index is 0.0949. The van der Waals surface area contributed by atoms with Crippen molar-refractivity contribution in [2.75, 3.05) is 11.9 Å². The monoisotopic (exact) mass is 379 g/mol. The molecule has 4 heteroatoms. The summed E-state index contributed by atoms with van der Waals surface area (Å²) in [5.74, 6) is 2.72. The number of halogens is 1. The second-order valence-electron chi connectivity index (χ2n) is 9.07. The number of hydrogen-bond acceptors (Lipinski definition) is 2. The number of carbonyl (C=O) groups is 1. The lowest BCUT2D eigenvalue weighted by molar-refractivity contribution is -0.118. The van der Waals surface area contributed by atoms with Crippen molar-refractivity contribution in [3.8, 4) is 5.75 Å². The van der Waals surface area contributed by atoms with E-state index in [1.54, 1.807) is 0 Å². The van der Waals surface area contributed by atoms with Crippen LogP contribution in [0.2, 0.25) is 0 Å². The quantitative estimate of drug-likeness (QED) is 0.764. The maximum absolute atomic E-state index is 12.9. The first-order valence-electron chi connectivity index (χ1n) is 10.4. The van der Waals surface area contributed by atoms with Crippen LogP contribution in [0.3, 0.4) is 0 Å².